The molecule has 0 spiro atoms. The monoisotopic (exact) mass is 374 g/mol. The largest absolute Gasteiger partial charge is 0.507 e. The number of ether oxygens (including phenoxy) is 1. The zero-order valence-electron chi connectivity index (χ0n) is 15.8. The Morgan fingerprint density at radius 1 is 1.00 bits per heavy atom. The third-order valence-electron chi connectivity index (χ3n) is 4.25. The average molecular weight is 374 g/mol. The van der Waals surface area contributed by atoms with Crippen LogP contribution in [0.1, 0.15) is 16.7 Å². The maximum absolute atomic E-state index is 11.9. The second kappa shape index (κ2) is 8.86. The Bertz CT molecular complexity index is 957. The van der Waals surface area contributed by atoms with E-state index in [1.807, 2.05) is 68.4 Å². The van der Waals surface area contributed by atoms with Gasteiger partial charge >= 0.3 is 0 Å². The number of hydrogen-bond donors (Lipinski definition) is 2. The molecule has 0 unspecified atom stereocenters. The van der Waals surface area contributed by atoms with Crippen LogP contribution >= 0.6 is 0 Å². The van der Waals surface area contributed by atoms with E-state index in [0.717, 1.165) is 27.8 Å². The van der Waals surface area contributed by atoms with Crippen LogP contribution in [0.25, 0.3) is 11.1 Å². The number of phenolic OH excluding ortho intramolecular Hbond substituents is 1. The highest BCUT2D eigenvalue weighted by atomic mass is 16.5. The lowest BCUT2D eigenvalue weighted by Crippen LogP contribution is -2.24. The number of carbonyl (C=O) groups is 1. The van der Waals surface area contributed by atoms with Crippen molar-refractivity contribution in [3.8, 4) is 22.6 Å². The molecule has 0 aliphatic rings. The predicted octanol–water partition coefficient (Wildman–Crippen LogP) is 4.21. The van der Waals surface area contributed by atoms with Crippen molar-refractivity contribution in [2.24, 2.45) is 5.10 Å². The summed E-state index contributed by atoms with van der Waals surface area (Å²) in [6, 6.07) is 21.2. The first-order valence-electron chi connectivity index (χ1n) is 8.93. The molecule has 5 nitrogen and oxygen atoms in total. The van der Waals surface area contributed by atoms with Crippen molar-refractivity contribution in [3.05, 3.63) is 83.4 Å². The van der Waals surface area contributed by atoms with E-state index in [-0.39, 0.29) is 18.3 Å². The summed E-state index contributed by atoms with van der Waals surface area (Å²) in [7, 11) is 0. The van der Waals surface area contributed by atoms with Gasteiger partial charge in [-0.25, -0.2) is 5.43 Å². The molecule has 0 saturated heterocycles. The number of aromatic hydroxyl groups is 1. The molecule has 0 atom stereocenters. The van der Waals surface area contributed by atoms with Crippen molar-refractivity contribution in [1.29, 1.82) is 0 Å². The molecule has 3 aromatic carbocycles. The molecule has 3 aromatic rings. The molecule has 0 fully saturated rings. The number of carbonyl (C=O) groups excluding carboxylic acids is 1. The number of rotatable bonds is 6. The number of hydrazone groups is 1. The first-order valence-corrected chi connectivity index (χ1v) is 8.93. The Balaban J connectivity index is 1.50. The topological polar surface area (TPSA) is 70.9 Å². The van der Waals surface area contributed by atoms with E-state index in [2.05, 4.69) is 10.5 Å². The Morgan fingerprint density at radius 2 is 1.61 bits per heavy atom. The van der Waals surface area contributed by atoms with Crippen LogP contribution in [0, 0.1) is 13.8 Å². The van der Waals surface area contributed by atoms with Gasteiger partial charge in [0, 0.05) is 0 Å². The van der Waals surface area contributed by atoms with Gasteiger partial charge in [-0.15, -0.1) is 0 Å². The summed E-state index contributed by atoms with van der Waals surface area (Å²) in [6.07, 6.45) is 1.53. The fourth-order valence-corrected chi connectivity index (χ4v) is 2.80. The lowest BCUT2D eigenvalue weighted by atomic mass is 10.1. The molecule has 0 bridgehead atoms. The predicted molar refractivity (Wildman–Crippen MR) is 111 cm³/mol. The van der Waals surface area contributed by atoms with Crippen LogP contribution in [0.2, 0.25) is 0 Å². The van der Waals surface area contributed by atoms with Crippen LogP contribution in [0.4, 0.5) is 0 Å². The SMILES string of the molecule is Cc1cc(C=NNC(=O)COc2ccc(-c3ccccc3)cc2)cc(C)c1O. The Hall–Kier alpha value is -3.60. The number of benzene rings is 3. The first-order chi connectivity index (χ1) is 13.5. The molecule has 0 saturated carbocycles. The van der Waals surface area contributed by atoms with E-state index in [4.69, 9.17) is 4.74 Å². The quantitative estimate of drug-likeness (QED) is 0.502. The molecule has 142 valence electrons. The van der Waals surface area contributed by atoms with Gasteiger partial charge < -0.3 is 9.84 Å². The molecule has 3 rings (SSSR count). The molecule has 0 heterocycles. The highest BCUT2D eigenvalue weighted by molar-refractivity contribution is 5.83. The summed E-state index contributed by atoms with van der Waals surface area (Å²) < 4.78 is 5.50. The summed E-state index contributed by atoms with van der Waals surface area (Å²) in [5.41, 5.74) is 6.96. The summed E-state index contributed by atoms with van der Waals surface area (Å²) >= 11 is 0. The van der Waals surface area contributed by atoms with Crippen LogP contribution in [-0.2, 0) is 4.79 Å². The summed E-state index contributed by atoms with van der Waals surface area (Å²) in [6.45, 7) is 3.50. The molecule has 2 N–H and O–H groups in total. The molecule has 1 amide bonds. The van der Waals surface area contributed by atoms with Gasteiger partial charge in [-0.1, -0.05) is 42.5 Å². The lowest BCUT2D eigenvalue weighted by Gasteiger charge is -2.07. The molecule has 0 aliphatic carbocycles. The molecular weight excluding hydrogens is 352 g/mol. The van der Waals surface area contributed by atoms with Crippen molar-refractivity contribution >= 4 is 12.1 Å². The minimum Gasteiger partial charge on any atom is -0.507 e. The summed E-state index contributed by atoms with van der Waals surface area (Å²) in [5, 5.41) is 13.7. The van der Waals surface area contributed by atoms with Gasteiger partial charge in [0.25, 0.3) is 5.91 Å². The average Bonchev–Trinajstić information content (AvgIpc) is 2.71. The number of nitrogens with zero attached hydrogens (tertiary/aromatic N) is 1. The second-order valence-corrected chi connectivity index (χ2v) is 6.48. The maximum atomic E-state index is 11.9. The molecule has 28 heavy (non-hydrogen) atoms. The van der Waals surface area contributed by atoms with Gasteiger partial charge in [-0.05, 0) is 65.9 Å². The minimum absolute atomic E-state index is 0.129. The van der Waals surface area contributed by atoms with Crippen LogP contribution in [0.3, 0.4) is 0 Å². The fraction of sp³-hybridized carbons (Fsp3) is 0.130. The van der Waals surface area contributed by atoms with E-state index in [1.54, 1.807) is 12.1 Å². The van der Waals surface area contributed by atoms with E-state index < -0.39 is 0 Å². The van der Waals surface area contributed by atoms with Crippen molar-refractivity contribution < 1.29 is 14.6 Å². The number of nitrogens with one attached hydrogen (secondary N) is 1. The minimum atomic E-state index is -0.351. The van der Waals surface area contributed by atoms with Gasteiger partial charge in [0.05, 0.1) is 6.21 Å². The first kappa shape index (κ1) is 19.2. The normalized spacial score (nSPS) is 10.8. The number of amides is 1. The molecule has 0 radical (unpaired) electrons. The van der Waals surface area contributed by atoms with Crippen LogP contribution < -0.4 is 10.2 Å². The van der Waals surface area contributed by atoms with Crippen molar-refractivity contribution in [1.82, 2.24) is 5.43 Å². The smallest absolute Gasteiger partial charge is 0.277 e. The van der Waals surface area contributed by atoms with Crippen molar-refractivity contribution in [3.63, 3.8) is 0 Å². The van der Waals surface area contributed by atoms with Crippen LogP contribution in [0.5, 0.6) is 11.5 Å². The van der Waals surface area contributed by atoms with Gasteiger partial charge in [0.2, 0.25) is 0 Å². The summed E-state index contributed by atoms with van der Waals surface area (Å²) in [4.78, 5) is 11.9. The Kier molecular flexibility index (Phi) is 6.07. The maximum Gasteiger partial charge on any atom is 0.277 e. The third kappa shape index (κ3) is 4.98. The summed E-state index contributed by atoms with van der Waals surface area (Å²) in [5.74, 6) is 0.534. The Morgan fingerprint density at radius 3 is 2.25 bits per heavy atom. The highest BCUT2D eigenvalue weighted by Crippen LogP contribution is 2.23. The molecule has 0 aliphatic heterocycles. The Labute approximate surface area is 164 Å². The fourth-order valence-electron chi connectivity index (χ4n) is 2.80. The van der Waals surface area contributed by atoms with E-state index in [1.165, 1.54) is 6.21 Å². The zero-order chi connectivity index (χ0) is 19.9. The number of hydrogen-bond acceptors (Lipinski definition) is 4. The standard InChI is InChI=1S/C23H22N2O3/c1-16-12-18(13-17(2)23(16)27)14-24-25-22(26)15-28-21-10-8-20(9-11-21)19-6-4-3-5-7-19/h3-14,27H,15H2,1-2H3,(H,25,26). The molecule has 5 heteroatoms. The van der Waals surface area contributed by atoms with Crippen LogP contribution in [0.15, 0.2) is 71.8 Å². The van der Waals surface area contributed by atoms with E-state index in [9.17, 15) is 9.90 Å². The second-order valence-electron chi connectivity index (χ2n) is 6.48. The number of phenols is 1. The third-order valence-corrected chi connectivity index (χ3v) is 4.25. The van der Waals surface area contributed by atoms with Crippen molar-refractivity contribution in [2.75, 3.05) is 6.61 Å². The lowest BCUT2D eigenvalue weighted by molar-refractivity contribution is -0.123. The van der Waals surface area contributed by atoms with E-state index in [0.29, 0.717) is 5.75 Å². The highest BCUT2D eigenvalue weighted by Gasteiger charge is 2.04. The van der Waals surface area contributed by atoms with Gasteiger partial charge in [0.1, 0.15) is 11.5 Å². The zero-order valence-corrected chi connectivity index (χ0v) is 15.8. The molecule has 0 aromatic heterocycles. The van der Waals surface area contributed by atoms with Crippen LogP contribution in [-0.4, -0.2) is 23.8 Å². The van der Waals surface area contributed by atoms with Gasteiger partial charge in [-0.2, -0.15) is 5.10 Å². The van der Waals surface area contributed by atoms with Gasteiger partial charge in [-0.3, -0.25) is 4.79 Å². The van der Waals surface area contributed by atoms with Crippen molar-refractivity contribution in [2.45, 2.75) is 13.8 Å². The van der Waals surface area contributed by atoms with Gasteiger partial charge in [0.15, 0.2) is 6.61 Å². The van der Waals surface area contributed by atoms with E-state index >= 15 is 0 Å². The molecular formula is C23H22N2O3. The number of aryl methyl sites for hydroxylation is 2.